The van der Waals surface area contributed by atoms with Gasteiger partial charge in [0.05, 0.1) is 17.9 Å². The zero-order chi connectivity index (χ0) is 24.4. The summed E-state index contributed by atoms with van der Waals surface area (Å²) in [7, 11) is 0. The van der Waals surface area contributed by atoms with Crippen molar-refractivity contribution in [1.29, 1.82) is 0 Å². The standard InChI is InChI=1S/C24H28BrN5O3S/c1-24(29-23(32)33)10-13-30(14-11-24)20-16-27-22(17-26-20)34-19-8-6-7-18(15-19)28-21(31)9-4-2-3-5-12-25/h6-8,10-11,13-17,29H,2-5,9,12H2,1H3,(H,28,31)(H,32,33). The normalized spacial score (nSPS) is 14.1. The third kappa shape index (κ3) is 8.18. The number of unbranched alkanes of at least 4 members (excludes halogenated alkanes) is 3. The molecule has 10 heteroatoms. The molecule has 2 aromatic rings. The van der Waals surface area contributed by atoms with E-state index in [2.05, 4.69) is 36.5 Å². The van der Waals surface area contributed by atoms with Gasteiger partial charge in [-0.2, -0.15) is 0 Å². The molecule has 0 spiro atoms. The van der Waals surface area contributed by atoms with Crippen LogP contribution in [0.3, 0.4) is 0 Å². The summed E-state index contributed by atoms with van der Waals surface area (Å²) < 4.78 is 0. The van der Waals surface area contributed by atoms with E-state index in [-0.39, 0.29) is 5.91 Å². The lowest BCUT2D eigenvalue weighted by atomic mass is 10.0. The number of benzene rings is 1. The SMILES string of the molecule is CC1(NC(=O)O)C=CN(c2cnc(Sc3cccc(NC(=O)CCCCCCBr)c3)cn2)C=C1. The van der Waals surface area contributed by atoms with Gasteiger partial charge in [0.1, 0.15) is 5.03 Å². The molecule has 0 radical (unpaired) electrons. The van der Waals surface area contributed by atoms with Crippen molar-refractivity contribution in [2.24, 2.45) is 0 Å². The van der Waals surface area contributed by atoms with E-state index in [9.17, 15) is 9.59 Å². The Balaban J connectivity index is 1.53. The molecule has 1 aromatic carbocycles. The quantitative estimate of drug-likeness (QED) is 0.242. The van der Waals surface area contributed by atoms with Gasteiger partial charge >= 0.3 is 6.09 Å². The Morgan fingerprint density at radius 3 is 2.56 bits per heavy atom. The number of aromatic nitrogens is 2. The number of hydrogen-bond donors (Lipinski definition) is 3. The van der Waals surface area contributed by atoms with E-state index in [1.165, 1.54) is 11.8 Å². The van der Waals surface area contributed by atoms with E-state index in [4.69, 9.17) is 5.11 Å². The maximum atomic E-state index is 12.2. The molecule has 0 atom stereocenters. The number of nitrogens with zero attached hydrogens (tertiary/aromatic N) is 3. The summed E-state index contributed by atoms with van der Waals surface area (Å²) in [6.07, 6.45) is 14.0. The number of alkyl halides is 1. The Morgan fingerprint density at radius 2 is 1.88 bits per heavy atom. The average Bonchev–Trinajstić information content (AvgIpc) is 2.80. The number of halogens is 1. The molecule has 2 amide bonds. The molecule has 0 bridgehead atoms. The van der Waals surface area contributed by atoms with Crippen molar-refractivity contribution >= 4 is 51.2 Å². The van der Waals surface area contributed by atoms with Crippen LogP contribution in [-0.4, -0.2) is 37.9 Å². The van der Waals surface area contributed by atoms with Crippen molar-refractivity contribution in [3.63, 3.8) is 0 Å². The first-order valence-corrected chi connectivity index (χ1v) is 12.9. The second-order valence-corrected chi connectivity index (χ2v) is 9.88. The van der Waals surface area contributed by atoms with Gasteiger partial charge < -0.3 is 20.6 Å². The lowest BCUT2D eigenvalue weighted by Crippen LogP contribution is -2.43. The van der Waals surface area contributed by atoms with Crippen LogP contribution in [0.4, 0.5) is 16.3 Å². The molecule has 0 unspecified atom stereocenters. The highest BCUT2D eigenvalue weighted by Crippen LogP contribution is 2.29. The fraction of sp³-hybridized carbons (Fsp3) is 0.333. The van der Waals surface area contributed by atoms with Gasteiger partial charge in [-0.1, -0.05) is 46.6 Å². The molecule has 0 aliphatic carbocycles. The van der Waals surface area contributed by atoms with Crippen LogP contribution in [0, 0.1) is 0 Å². The van der Waals surface area contributed by atoms with Crippen LogP contribution in [0.15, 0.2) is 71.1 Å². The minimum atomic E-state index is -1.09. The van der Waals surface area contributed by atoms with Crippen molar-refractivity contribution in [3.8, 4) is 0 Å². The predicted molar refractivity (Wildman–Crippen MR) is 138 cm³/mol. The molecule has 2 heterocycles. The minimum Gasteiger partial charge on any atom is -0.465 e. The highest BCUT2D eigenvalue weighted by Gasteiger charge is 2.23. The molecule has 180 valence electrons. The highest BCUT2D eigenvalue weighted by atomic mass is 79.9. The topological polar surface area (TPSA) is 107 Å². The molecular weight excluding hydrogens is 518 g/mol. The van der Waals surface area contributed by atoms with E-state index in [0.29, 0.717) is 12.2 Å². The van der Waals surface area contributed by atoms with E-state index in [0.717, 1.165) is 46.6 Å². The van der Waals surface area contributed by atoms with Gasteiger partial charge in [-0.3, -0.25) is 4.79 Å². The molecule has 3 N–H and O–H groups in total. The number of rotatable bonds is 11. The summed E-state index contributed by atoms with van der Waals surface area (Å²) in [5.41, 5.74) is 0.000859. The van der Waals surface area contributed by atoms with Gasteiger partial charge in [0, 0.05) is 34.7 Å². The number of hydrogen-bond acceptors (Lipinski definition) is 6. The predicted octanol–water partition coefficient (Wildman–Crippen LogP) is 5.79. The first kappa shape index (κ1) is 25.8. The fourth-order valence-corrected chi connectivity index (χ4v) is 4.43. The van der Waals surface area contributed by atoms with Crippen LogP contribution < -0.4 is 15.5 Å². The third-order valence-corrected chi connectivity index (χ3v) is 6.52. The molecule has 0 saturated heterocycles. The number of carboxylic acid groups (broad SMARTS) is 1. The maximum Gasteiger partial charge on any atom is 0.405 e. The molecule has 0 fully saturated rings. The van der Waals surface area contributed by atoms with Crippen LogP contribution in [0.25, 0.3) is 0 Å². The highest BCUT2D eigenvalue weighted by molar-refractivity contribution is 9.09. The largest absolute Gasteiger partial charge is 0.465 e. The maximum absolute atomic E-state index is 12.2. The molecule has 1 aliphatic rings. The van der Waals surface area contributed by atoms with E-state index >= 15 is 0 Å². The average molecular weight is 546 g/mol. The molecule has 1 aliphatic heterocycles. The molecular formula is C24H28BrN5O3S. The van der Waals surface area contributed by atoms with E-state index in [1.54, 1.807) is 48.8 Å². The first-order chi connectivity index (χ1) is 16.4. The van der Waals surface area contributed by atoms with Gasteiger partial charge in [0.2, 0.25) is 5.91 Å². The van der Waals surface area contributed by atoms with Crippen LogP contribution in [0.1, 0.15) is 39.0 Å². The first-order valence-electron chi connectivity index (χ1n) is 11.0. The van der Waals surface area contributed by atoms with Crippen molar-refractivity contribution < 1.29 is 14.7 Å². The number of nitrogens with one attached hydrogen (secondary N) is 2. The monoisotopic (exact) mass is 545 g/mol. The summed E-state index contributed by atoms with van der Waals surface area (Å²) in [6.45, 7) is 1.76. The summed E-state index contributed by atoms with van der Waals surface area (Å²) in [6, 6.07) is 7.67. The Kier molecular flexibility index (Phi) is 9.52. The Bertz CT molecular complexity index is 1030. The van der Waals surface area contributed by atoms with Gasteiger partial charge in [0.25, 0.3) is 0 Å². The number of carbonyl (C=O) groups is 2. The summed E-state index contributed by atoms with van der Waals surface area (Å²) in [5, 5.41) is 16.1. The molecule has 34 heavy (non-hydrogen) atoms. The molecule has 3 rings (SSSR count). The van der Waals surface area contributed by atoms with E-state index < -0.39 is 11.6 Å². The van der Waals surface area contributed by atoms with Gasteiger partial charge in [-0.15, -0.1) is 0 Å². The summed E-state index contributed by atoms with van der Waals surface area (Å²) in [4.78, 5) is 34.8. The minimum absolute atomic E-state index is 0.0300. The number of carbonyl (C=O) groups excluding carboxylic acids is 1. The summed E-state index contributed by atoms with van der Waals surface area (Å²) >= 11 is 4.88. The van der Waals surface area contributed by atoms with Crippen molar-refractivity contribution in [2.75, 3.05) is 15.5 Å². The summed E-state index contributed by atoms with van der Waals surface area (Å²) in [5.74, 6) is 0.647. The Hall–Kier alpha value is -2.85. The second kappa shape index (κ2) is 12.6. The molecule has 8 nitrogen and oxygen atoms in total. The Morgan fingerprint density at radius 1 is 1.12 bits per heavy atom. The van der Waals surface area contributed by atoms with Crippen molar-refractivity contribution in [1.82, 2.24) is 15.3 Å². The van der Waals surface area contributed by atoms with Crippen LogP contribution in [0.5, 0.6) is 0 Å². The van der Waals surface area contributed by atoms with Gasteiger partial charge in [0.15, 0.2) is 5.82 Å². The smallest absolute Gasteiger partial charge is 0.405 e. The fourth-order valence-electron chi connectivity index (χ4n) is 3.25. The van der Waals surface area contributed by atoms with Crippen LogP contribution in [-0.2, 0) is 4.79 Å². The third-order valence-electron chi connectivity index (χ3n) is 5.05. The zero-order valence-corrected chi connectivity index (χ0v) is 21.3. The molecule has 1 aromatic heterocycles. The lowest BCUT2D eigenvalue weighted by Gasteiger charge is -2.28. The van der Waals surface area contributed by atoms with Crippen LogP contribution >= 0.6 is 27.7 Å². The number of anilines is 2. The van der Waals surface area contributed by atoms with Crippen molar-refractivity contribution in [3.05, 3.63) is 61.2 Å². The van der Waals surface area contributed by atoms with E-state index in [1.807, 2.05) is 24.3 Å². The van der Waals surface area contributed by atoms with Gasteiger partial charge in [-0.05, 0) is 50.1 Å². The van der Waals surface area contributed by atoms with Crippen molar-refractivity contribution in [2.45, 2.75) is 54.5 Å². The molecule has 0 saturated carbocycles. The second-order valence-electron chi connectivity index (χ2n) is 8.00. The lowest BCUT2D eigenvalue weighted by molar-refractivity contribution is -0.116. The Labute approximate surface area is 212 Å². The zero-order valence-electron chi connectivity index (χ0n) is 18.9. The van der Waals surface area contributed by atoms with Gasteiger partial charge in [-0.25, -0.2) is 14.8 Å². The van der Waals surface area contributed by atoms with Crippen LogP contribution in [0.2, 0.25) is 0 Å². The number of amides is 2.